The molecule has 0 unspecified atom stereocenters. The molecule has 1 aromatic heterocycles. The first-order valence-electron chi connectivity index (χ1n) is 5.72. The van der Waals surface area contributed by atoms with Crippen molar-refractivity contribution >= 4 is 5.97 Å². The maximum atomic E-state index is 12.1. The lowest BCUT2D eigenvalue weighted by Crippen LogP contribution is -2.37. The van der Waals surface area contributed by atoms with Crippen molar-refractivity contribution in [3.8, 4) is 0 Å². The van der Waals surface area contributed by atoms with E-state index in [2.05, 4.69) is 10.1 Å². The SMILES string of the molecule is CCOC(=O)C1(c2ncnn2C)CCCC1. The van der Waals surface area contributed by atoms with Crippen LogP contribution in [0.15, 0.2) is 6.33 Å². The Morgan fingerprint density at radius 3 is 2.75 bits per heavy atom. The Morgan fingerprint density at radius 1 is 1.56 bits per heavy atom. The Morgan fingerprint density at radius 2 is 2.25 bits per heavy atom. The van der Waals surface area contributed by atoms with Crippen molar-refractivity contribution in [3.63, 3.8) is 0 Å². The molecule has 1 heterocycles. The Bertz CT molecular complexity index is 380. The maximum Gasteiger partial charge on any atom is 0.319 e. The summed E-state index contributed by atoms with van der Waals surface area (Å²) in [7, 11) is 1.82. The summed E-state index contributed by atoms with van der Waals surface area (Å²) in [5.74, 6) is 0.590. The summed E-state index contributed by atoms with van der Waals surface area (Å²) in [5.41, 5.74) is -0.554. The highest BCUT2D eigenvalue weighted by molar-refractivity contribution is 5.82. The number of esters is 1. The van der Waals surface area contributed by atoms with Crippen molar-refractivity contribution in [1.29, 1.82) is 0 Å². The van der Waals surface area contributed by atoms with E-state index in [0.717, 1.165) is 31.5 Å². The topological polar surface area (TPSA) is 57.0 Å². The highest BCUT2D eigenvalue weighted by Crippen LogP contribution is 2.40. The summed E-state index contributed by atoms with van der Waals surface area (Å²) in [6.07, 6.45) is 5.22. The molecule has 5 nitrogen and oxygen atoms in total. The predicted octanol–water partition coefficient (Wildman–Crippen LogP) is 1.19. The molecule has 0 aliphatic heterocycles. The number of hydrogen-bond acceptors (Lipinski definition) is 4. The largest absolute Gasteiger partial charge is 0.465 e. The van der Waals surface area contributed by atoms with Crippen LogP contribution in [0.4, 0.5) is 0 Å². The van der Waals surface area contributed by atoms with Gasteiger partial charge in [0.2, 0.25) is 0 Å². The van der Waals surface area contributed by atoms with Crippen LogP contribution in [-0.4, -0.2) is 27.3 Å². The van der Waals surface area contributed by atoms with Gasteiger partial charge in [0.25, 0.3) is 0 Å². The van der Waals surface area contributed by atoms with Crippen LogP contribution in [0.1, 0.15) is 38.4 Å². The molecular weight excluding hydrogens is 206 g/mol. The van der Waals surface area contributed by atoms with E-state index in [1.807, 2.05) is 14.0 Å². The van der Waals surface area contributed by atoms with Crippen LogP contribution in [0.3, 0.4) is 0 Å². The molecule has 88 valence electrons. The van der Waals surface area contributed by atoms with E-state index in [0.29, 0.717) is 6.61 Å². The van der Waals surface area contributed by atoms with Gasteiger partial charge in [-0.3, -0.25) is 9.48 Å². The van der Waals surface area contributed by atoms with Gasteiger partial charge in [0.05, 0.1) is 6.61 Å². The van der Waals surface area contributed by atoms with Crippen molar-refractivity contribution in [2.45, 2.75) is 38.0 Å². The molecule has 0 amide bonds. The number of ether oxygens (including phenoxy) is 1. The number of nitrogens with zero attached hydrogens (tertiary/aromatic N) is 3. The van der Waals surface area contributed by atoms with Crippen molar-refractivity contribution in [2.24, 2.45) is 7.05 Å². The minimum atomic E-state index is -0.554. The Labute approximate surface area is 94.8 Å². The second-order valence-electron chi connectivity index (χ2n) is 4.22. The number of carbonyl (C=O) groups is 1. The standard InChI is InChI=1S/C11H17N3O2/c1-3-16-10(15)11(6-4-5-7-11)9-12-8-13-14(9)2/h8H,3-7H2,1-2H3. The van der Waals surface area contributed by atoms with E-state index in [9.17, 15) is 4.79 Å². The van der Waals surface area contributed by atoms with Gasteiger partial charge in [-0.1, -0.05) is 12.8 Å². The van der Waals surface area contributed by atoms with Gasteiger partial charge < -0.3 is 4.74 Å². The lowest BCUT2D eigenvalue weighted by molar-refractivity contribution is -0.150. The zero-order chi connectivity index (χ0) is 11.6. The van der Waals surface area contributed by atoms with Gasteiger partial charge in [-0.15, -0.1) is 0 Å². The molecule has 1 aliphatic rings. The van der Waals surface area contributed by atoms with Gasteiger partial charge >= 0.3 is 5.97 Å². The Kier molecular flexibility index (Phi) is 2.94. The zero-order valence-corrected chi connectivity index (χ0v) is 9.77. The molecule has 0 radical (unpaired) electrons. The van der Waals surface area contributed by atoms with Gasteiger partial charge in [-0.2, -0.15) is 5.10 Å². The van der Waals surface area contributed by atoms with Gasteiger partial charge in [0, 0.05) is 7.05 Å². The zero-order valence-electron chi connectivity index (χ0n) is 9.77. The number of hydrogen-bond donors (Lipinski definition) is 0. The molecule has 0 aromatic carbocycles. The minimum absolute atomic E-state index is 0.149. The normalized spacial score (nSPS) is 18.6. The predicted molar refractivity (Wildman–Crippen MR) is 57.8 cm³/mol. The second kappa shape index (κ2) is 4.23. The third-order valence-corrected chi connectivity index (χ3v) is 3.26. The molecule has 0 saturated heterocycles. The van der Waals surface area contributed by atoms with Crippen LogP contribution >= 0.6 is 0 Å². The van der Waals surface area contributed by atoms with Crippen molar-refractivity contribution < 1.29 is 9.53 Å². The van der Waals surface area contributed by atoms with E-state index < -0.39 is 5.41 Å². The van der Waals surface area contributed by atoms with E-state index >= 15 is 0 Å². The fourth-order valence-corrected chi connectivity index (χ4v) is 2.50. The minimum Gasteiger partial charge on any atom is -0.465 e. The van der Waals surface area contributed by atoms with Crippen molar-refractivity contribution in [3.05, 3.63) is 12.2 Å². The van der Waals surface area contributed by atoms with Crippen LogP contribution < -0.4 is 0 Å². The second-order valence-corrected chi connectivity index (χ2v) is 4.22. The Balaban J connectivity index is 2.36. The fraction of sp³-hybridized carbons (Fsp3) is 0.727. The van der Waals surface area contributed by atoms with E-state index in [1.54, 1.807) is 4.68 Å². The van der Waals surface area contributed by atoms with Crippen LogP contribution in [0.25, 0.3) is 0 Å². The first-order chi connectivity index (χ1) is 7.70. The summed E-state index contributed by atoms with van der Waals surface area (Å²) < 4.78 is 6.87. The number of rotatable bonds is 3. The van der Waals surface area contributed by atoms with Crippen molar-refractivity contribution in [1.82, 2.24) is 14.8 Å². The van der Waals surface area contributed by atoms with Gasteiger partial charge in [-0.25, -0.2) is 4.98 Å². The molecule has 16 heavy (non-hydrogen) atoms. The third kappa shape index (κ3) is 1.60. The van der Waals surface area contributed by atoms with E-state index in [-0.39, 0.29) is 5.97 Å². The van der Waals surface area contributed by atoms with Crippen LogP contribution in [0.5, 0.6) is 0 Å². The number of carbonyl (C=O) groups excluding carboxylic acids is 1. The molecule has 0 bridgehead atoms. The van der Waals surface area contributed by atoms with E-state index in [1.165, 1.54) is 6.33 Å². The highest BCUT2D eigenvalue weighted by atomic mass is 16.5. The molecule has 1 aliphatic carbocycles. The summed E-state index contributed by atoms with van der Waals surface area (Å²) in [6, 6.07) is 0. The maximum absolute atomic E-state index is 12.1. The van der Waals surface area contributed by atoms with E-state index in [4.69, 9.17) is 4.74 Å². The third-order valence-electron chi connectivity index (χ3n) is 3.26. The molecule has 2 rings (SSSR count). The monoisotopic (exact) mass is 223 g/mol. The summed E-state index contributed by atoms with van der Waals surface area (Å²) >= 11 is 0. The summed E-state index contributed by atoms with van der Waals surface area (Å²) in [6.45, 7) is 2.25. The average Bonchev–Trinajstić information content (AvgIpc) is 2.87. The molecular formula is C11H17N3O2. The summed E-state index contributed by atoms with van der Waals surface area (Å²) in [5, 5.41) is 4.05. The molecule has 0 N–H and O–H groups in total. The average molecular weight is 223 g/mol. The summed E-state index contributed by atoms with van der Waals surface area (Å²) in [4.78, 5) is 16.3. The quantitative estimate of drug-likeness (QED) is 0.722. The molecule has 0 spiro atoms. The number of aromatic nitrogens is 3. The van der Waals surface area contributed by atoms with Crippen LogP contribution in [0, 0.1) is 0 Å². The molecule has 1 saturated carbocycles. The van der Waals surface area contributed by atoms with Gasteiger partial charge in [0.1, 0.15) is 17.6 Å². The first-order valence-corrected chi connectivity index (χ1v) is 5.72. The van der Waals surface area contributed by atoms with Gasteiger partial charge in [-0.05, 0) is 19.8 Å². The van der Waals surface area contributed by atoms with Gasteiger partial charge in [0.15, 0.2) is 0 Å². The fourth-order valence-electron chi connectivity index (χ4n) is 2.50. The lowest BCUT2D eigenvalue weighted by Gasteiger charge is -2.24. The molecule has 0 atom stereocenters. The molecule has 1 aromatic rings. The molecule has 1 fully saturated rings. The lowest BCUT2D eigenvalue weighted by atomic mass is 9.85. The number of aryl methyl sites for hydroxylation is 1. The smallest absolute Gasteiger partial charge is 0.319 e. The van der Waals surface area contributed by atoms with Crippen LogP contribution in [0.2, 0.25) is 0 Å². The Hall–Kier alpha value is -1.39. The van der Waals surface area contributed by atoms with Crippen molar-refractivity contribution in [2.75, 3.05) is 6.61 Å². The molecule has 5 heteroatoms. The van der Waals surface area contributed by atoms with Crippen LogP contribution in [-0.2, 0) is 22.0 Å². The highest BCUT2D eigenvalue weighted by Gasteiger charge is 2.47. The first kappa shape index (κ1) is 11.1.